The minimum atomic E-state index is -5.03. The van der Waals surface area contributed by atoms with Crippen LogP contribution in [0.4, 0.5) is 22.0 Å². The zero-order valence-corrected chi connectivity index (χ0v) is 8.58. The number of alkyl halides is 4. The average molecular weight is 270 g/mol. The highest BCUT2D eigenvalue weighted by Gasteiger charge is 2.38. The number of benzene rings is 1. The van der Waals surface area contributed by atoms with Crippen molar-refractivity contribution < 1.29 is 37.0 Å². The van der Waals surface area contributed by atoms with E-state index >= 15 is 0 Å². The number of hydrogen-bond acceptors (Lipinski definition) is 2. The van der Waals surface area contributed by atoms with E-state index in [-0.39, 0.29) is 6.07 Å². The van der Waals surface area contributed by atoms with Crippen molar-refractivity contribution in [2.75, 3.05) is 0 Å². The van der Waals surface area contributed by atoms with Crippen molar-refractivity contribution in [2.45, 2.75) is 18.5 Å². The lowest BCUT2D eigenvalue weighted by Crippen LogP contribution is -2.25. The molecule has 0 fully saturated rings. The SMILES string of the molecule is O=C(O)C(F)C(O)c1ccc(F)cc1C(F)(F)F. The average Bonchev–Trinajstić information content (AvgIpc) is 2.25. The fourth-order valence-corrected chi connectivity index (χ4v) is 1.32. The van der Waals surface area contributed by atoms with Gasteiger partial charge >= 0.3 is 12.1 Å². The van der Waals surface area contributed by atoms with Gasteiger partial charge in [-0.2, -0.15) is 13.2 Å². The van der Waals surface area contributed by atoms with Crippen LogP contribution < -0.4 is 0 Å². The quantitative estimate of drug-likeness (QED) is 0.828. The molecule has 0 aromatic heterocycles. The van der Waals surface area contributed by atoms with Crippen molar-refractivity contribution >= 4 is 5.97 Å². The van der Waals surface area contributed by atoms with E-state index in [4.69, 9.17) is 5.11 Å². The van der Waals surface area contributed by atoms with Gasteiger partial charge in [0.15, 0.2) is 0 Å². The molecule has 2 unspecified atom stereocenters. The zero-order chi connectivity index (χ0) is 14.1. The van der Waals surface area contributed by atoms with E-state index in [1.165, 1.54) is 0 Å². The largest absolute Gasteiger partial charge is 0.479 e. The number of rotatable bonds is 3. The van der Waals surface area contributed by atoms with Crippen LogP contribution >= 0.6 is 0 Å². The number of carboxylic acid groups (broad SMARTS) is 1. The van der Waals surface area contributed by atoms with E-state index in [2.05, 4.69) is 0 Å². The molecule has 8 heteroatoms. The number of hydrogen-bond donors (Lipinski definition) is 2. The number of carbonyl (C=O) groups is 1. The summed E-state index contributed by atoms with van der Waals surface area (Å²) >= 11 is 0. The molecule has 0 aliphatic rings. The molecule has 18 heavy (non-hydrogen) atoms. The van der Waals surface area contributed by atoms with Crippen LogP contribution in [0.3, 0.4) is 0 Å². The molecular weight excluding hydrogens is 263 g/mol. The third-order valence-corrected chi connectivity index (χ3v) is 2.15. The monoisotopic (exact) mass is 270 g/mol. The van der Waals surface area contributed by atoms with E-state index in [1.54, 1.807) is 0 Å². The van der Waals surface area contributed by atoms with Gasteiger partial charge in [0, 0.05) is 0 Å². The normalized spacial score (nSPS) is 15.2. The van der Waals surface area contributed by atoms with Gasteiger partial charge in [0.25, 0.3) is 0 Å². The van der Waals surface area contributed by atoms with Gasteiger partial charge in [-0.25, -0.2) is 13.6 Å². The highest BCUT2D eigenvalue weighted by molar-refractivity contribution is 5.73. The van der Waals surface area contributed by atoms with Gasteiger partial charge in [-0.15, -0.1) is 0 Å². The van der Waals surface area contributed by atoms with Crippen molar-refractivity contribution in [2.24, 2.45) is 0 Å². The summed E-state index contributed by atoms with van der Waals surface area (Å²) in [5.74, 6) is -3.34. The summed E-state index contributed by atoms with van der Waals surface area (Å²) in [6.07, 6.45) is -10.5. The highest BCUT2D eigenvalue weighted by atomic mass is 19.4. The molecule has 0 saturated heterocycles. The van der Waals surface area contributed by atoms with Crippen LogP contribution in [0.5, 0.6) is 0 Å². The first kappa shape index (κ1) is 14.4. The molecule has 3 nitrogen and oxygen atoms in total. The van der Waals surface area contributed by atoms with E-state index in [9.17, 15) is 31.9 Å². The van der Waals surface area contributed by atoms with Crippen LogP contribution in [0.25, 0.3) is 0 Å². The Bertz CT molecular complexity index is 457. The molecule has 2 atom stereocenters. The smallest absolute Gasteiger partial charge is 0.416 e. The molecule has 0 bridgehead atoms. The van der Waals surface area contributed by atoms with Gasteiger partial charge in [-0.1, -0.05) is 6.07 Å². The minimum Gasteiger partial charge on any atom is -0.479 e. The van der Waals surface area contributed by atoms with Gasteiger partial charge in [0.1, 0.15) is 11.9 Å². The fourth-order valence-electron chi connectivity index (χ4n) is 1.32. The maximum Gasteiger partial charge on any atom is 0.416 e. The second kappa shape index (κ2) is 4.89. The lowest BCUT2D eigenvalue weighted by molar-refractivity contribution is -0.149. The summed E-state index contributed by atoms with van der Waals surface area (Å²) < 4.78 is 63.2. The Kier molecular flexibility index (Phi) is 3.90. The van der Waals surface area contributed by atoms with Crippen LogP contribution in [0.2, 0.25) is 0 Å². The summed E-state index contributed by atoms with van der Waals surface area (Å²) in [7, 11) is 0. The summed E-state index contributed by atoms with van der Waals surface area (Å²) in [6, 6.07) is 1.13. The van der Waals surface area contributed by atoms with Gasteiger partial charge < -0.3 is 10.2 Å². The maximum absolute atomic E-state index is 13.0. The number of halogens is 5. The van der Waals surface area contributed by atoms with E-state index in [0.29, 0.717) is 12.1 Å². The molecule has 0 amide bonds. The predicted octanol–water partition coefficient (Wildman–Crippen LogP) is 2.30. The summed E-state index contributed by atoms with van der Waals surface area (Å²) in [6.45, 7) is 0. The van der Waals surface area contributed by atoms with Gasteiger partial charge in [-0.05, 0) is 17.7 Å². The predicted molar refractivity (Wildman–Crippen MR) is 48.9 cm³/mol. The molecule has 0 radical (unpaired) electrons. The molecule has 0 aliphatic carbocycles. The van der Waals surface area contributed by atoms with Gasteiger partial charge in [0.2, 0.25) is 6.17 Å². The van der Waals surface area contributed by atoms with Crippen LogP contribution in [0.1, 0.15) is 17.2 Å². The fraction of sp³-hybridized carbons (Fsp3) is 0.300. The van der Waals surface area contributed by atoms with E-state index in [1.807, 2.05) is 0 Å². The van der Waals surface area contributed by atoms with Crippen molar-refractivity contribution in [3.8, 4) is 0 Å². The number of carboxylic acids is 1. The van der Waals surface area contributed by atoms with Crippen LogP contribution in [-0.4, -0.2) is 22.4 Å². The Hall–Kier alpha value is -1.70. The van der Waals surface area contributed by atoms with E-state index in [0.717, 1.165) is 0 Å². The van der Waals surface area contributed by atoms with Gasteiger partial charge in [-0.3, -0.25) is 0 Å². The molecular formula is C10H7F5O3. The van der Waals surface area contributed by atoms with Crippen LogP contribution in [0, 0.1) is 5.82 Å². The second-order valence-corrected chi connectivity index (χ2v) is 3.41. The first-order valence-electron chi connectivity index (χ1n) is 4.56. The Balaban J connectivity index is 3.28. The molecule has 1 aromatic rings. The summed E-state index contributed by atoms with van der Waals surface area (Å²) in [5, 5.41) is 17.5. The summed E-state index contributed by atoms with van der Waals surface area (Å²) in [5.41, 5.74) is -2.64. The Morgan fingerprint density at radius 2 is 1.83 bits per heavy atom. The molecule has 0 saturated carbocycles. The molecule has 0 spiro atoms. The number of aliphatic hydroxyl groups is 1. The molecule has 0 heterocycles. The number of aliphatic carboxylic acids is 1. The van der Waals surface area contributed by atoms with Crippen molar-refractivity contribution in [3.05, 3.63) is 35.1 Å². The zero-order valence-electron chi connectivity index (χ0n) is 8.58. The maximum atomic E-state index is 13.0. The Morgan fingerprint density at radius 1 is 1.28 bits per heavy atom. The third kappa shape index (κ3) is 2.95. The lowest BCUT2D eigenvalue weighted by Gasteiger charge is -2.18. The van der Waals surface area contributed by atoms with Crippen LogP contribution in [-0.2, 0) is 11.0 Å². The highest BCUT2D eigenvalue weighted by Crippen LogP contribution is 2.36. The van der Waals surface area contributed by atoms with E-state index < -0.39 is 41.4 Å². The Labute approximate surface area is 97.5 Å². The molecule has 0 aliphatic heterocycles. The summed E-state index contributed by atoms with van der Waals surface area (Å²) in [4.78, 5) is 10.3. The van der Waals surface area contributed by atoms with Crippen molar-refractivity contribution in [1.29, 1.82) is 0 Å². The topological polar surface area (TPSA) is 57.5 Å². The minimum absolute atomic E-state index is 0.0626. The second-order valence-electron chi connectivity index (χ2n) is 3.41. The van der Waals surface area contributed by atoms with Gasteiger partial charge in [0.05, 0.1) is 5.56 Å². The molecule has 100 valence electrons. The molecule has 2 N–H and O–H groups in total. The van der Waals surface area contributed by atoms with Crippen LogP contribution in [0.15, 0.2) is 18.2 Å². The van der Waals surface area contributed by atoms with Crippen molar-refractivity contribution in [3.63, 3.8) is 0 Å². The third-order valence-electron chi connectivity index (χ3n) is 2.15. The van der Waals surface area contributed by atoms with Crippen molar-refractivity contribution in [1.82, 2.24) is 0 Å². The standard InChI is InChI=1S/C10H7F5O3/c11-4-1-2-5(6(3-4)10(13,14)15)8(16)7(12)9(17)18/h1-3,7-8,16H,(H,17,18). The molecule has 1 aromatic carbocycles. The Morgan fingerprint density at radius 3 is 2.28 bits per heavy atom. The lowest BCUT2D eigenvalue weighted by atomic mass is 9.98. The first-order chi connectivity index (χ1) is 8.14. The number of aliphatic hydroxyl groups excluding tert-OH is 1. The first-order valence-corrected chi connectivity index (χ1v) is 4.56. The molecule has 1 rings (SSSR count).